The number of halogens is 2. The van der Waals surface area contributed by atoms with Crippen molar-refractivity contribution in [2.45, 2.75) is 13.0 Å². The molecule has 0 amide bonds. The molecule has 3 aromatic rings. The molecule has 0 saturated heterocycles. The fourth-order valence-corrected chi connectivity index (χ4v) is 2.64. The van der Waals surface area contributed by atoms with Crippen molar-refractivity contribution in [1.29, 1.82) is 0 Å². The van der Waals surface area contributed by atoms with Crippen molar-refractivity contribution in [3.8, 4) is 0 Å². The normalized spacial score (nSPS) is 12.6. The topological polar surface area (TPSA) is 59.2 Å². The number of benzene rings is 1. The molecule has 0 saturated carbocycles. The van der Waals surface area contributed by atoms with E-state index in [0.717, 1.165) is 11.4 Å². The number of aromatic nitrogens is 5. The highest BCUT2D eigenvalue weighted by atomic mass is 35.5. The monoisotopic (exact) mass is 322 g/mol. The third-order valence-corrected chi connectivity index (χ3v) is 3.97. The minimum atomic E-state index is 0.0243. The zero-order valence-electron chi connectivity index (χ0n) is 11.4. The zero-order valence-corrected chi connectivity index (χ0v) is 12.9. The Labute approximate surface area is 131 Å². The minimum Gasteiger partial charge on any atom is -0.351 e. The molecule has 0 fully saturated rings. The predicted octanol–water partition coefficient (Wildman–Crippen LogP) is 3.02. The van der Waals surface area contributed by atoms with Crippen LogP contribution in [0.1, 0.15) is 18.5 Å². The summed E-state index contributed by atoms with van der Waals surface area (Å²) in [6.45, 7) is 2.04. The molecule has 21 heavy (non-hydrogen) atoms. The Morgan fingerprint density at radius 1 is 1.19 bits per heavy atom. The van der Waals surface area contributed by atoms with Gasteiger partial charge in [-0.25, -0.2) is 0 Å². The summed E-state index contributed by atoms with van der Waals surface area (Å²) in [5, 5.41) is 16.8. The molecule has 0 unspecified atom stereocenters. The molecule has 8 heteroatoms. The highest BCUT2D eigenvalue weighted by Crippen LogP contribution is 2.30. The lowest BCUT2D eigenvalue weighted by molar-refractivity contribution is 0.684. The van der Waals surface area contributed by atoms with Gasteiger partial charge in [0.15, 0.2) is 11.5 Å². The van der Waals surface area contributed by atoms with Crippen molar-refractivity contribution < 1.29 is 0 Å². The summed E-state index contributed by atoms with van der Waals surface area (Å²) >= 11 is 12.2. The first-order valence-corrected chi connectivity index (χ1v) is 7.05. The maximum absolute atomic E-state index is 6.26. The maximum Gasteiger partial charge on any atom is 0.200 e. The third kappa shape index (κ3) is 2.64. The van der Waals surface area contributed by atoms with Crippen LogP contribution in [0.25, 0.3) is 5.65 Å². The van der Waals surface area contributed by atoms with E-state index in [4.69, 9.17) is 23.2 Å². The summed E-state index contributed by atoms with van der Waals surface area (Å²) in [4.78, 5) is 2.00. The van der Waals surface area contributed by atoms with Crippen molar-refractivity contribution in [3.05, 3.63) is 45.9 Å². The van der Waals surface area contributed by atoms with Crippen LogP contribution >= 0.6 is 23.2 Å². The van der Waals surface area contributed by atoms with Crippen molar-refractivity contribution in [2.24, 2.45) is 0 Å². The number of nitrogens with zero attached hydrogens (tertiary/aromatic N) is 6. The van der Waals surface area contributed by atoms with Gasteiger partial charge < -0.3 is 4.90 Å². The summed E-state index contributed by atoms with van der Waals surface area (Å²) in [7, 11) is 1.94. The Bertz CT molecular complexity index is 787. The van der Waals surface area contributed by atoms with Crippen LogP contribution in [0.3, 0.4) is 0 Å². The lowest BCUT2D eigenvalue weighted by atomic mass is 10.1. The first-order chi connectivity index (χ1) is 10.1. The summed E-state index contributed by atoms with van der Waals surface area (Å²) in [6.07, 6.45) is 0. The van der Waals surface area contributed by atoms with Gasteiger partial charge in [0.1, 0.15) is 0 Å². The molecule has 0 aliphatic rings. The Morgan fingerprint density at radius 2 is 2.00 bits per heavy atom. The summed E-state index contributed by atoms with van der Waals surface area (Å²) in [5.41, 5.74) is 1.58. The van der Waals surface area contributed by atoms with Gasteiger partial charge in [-0.05, 0) is 47.2 Å². The average Bonchev–Trinajstić information content (AvgIpc) is 2.93. The Morgan fingerprint density at radius 3 is 2.76 bits per heavy atom. The first kappa shape index (κ1) is 14.0. The van der Waals surface area contributed by atoms with Crippen LogP contribution in [-0.2, 0) is 0 Å². The number of rotatable bonds is 3. The number of hydrogen-bond acceptors (Lipinski definition) is 5. The quantitative estimate of drug-likeness (QED) is 0.741. The van der Waals surface area contributed by atoms with E-state index in [1.165, 1.54) is 4.63 Å². The standard InChI is InChI=1S/C13H12Cl2N6/c1-8(10-4-3-9(14)7-11(10)15)20(2)13-6-5-12-16-18-19-21(12)17-13/h3-8H,1-2H3/t8-/m1/s1. The maximum atomic E-state index is 6.26. The molecule has 1 aromatic carbocycles. The van der Waals surface area contributed by atoms with Crippen molar-refractivity contribution >= 4 is 34.7 Å². The average molecular weight is 323 g/mol. The van der Waals surface area contributed by atoms with Gasteiger partial charge in [0.25, 0.3) is 0 Å². The Hall–Kier alpha value is -1.92. The SMILES string of the molecule is C[C@H](c1ccc(Cl)cc1Cl)N(C)c1ccc2nnnn2n1. The highest BCUT2D eigenvalue weighted by molar-refractivity contribution is 6.35. The van der Waals surface area contributed by atoms with E-state index in [1.54, 1.807) is 6.07 Å². The predicted molar refractivity (Wildman–Crippen MR) is 81.9 cm³/mol. The fourth-order valence-electron chi connectivity index (χ4n) is 2.08. The van der Waals surface area contributed by atoms with Crippen LogP contribution in [-0.4, -0.2) is 32.3 Å². The molecule has 0 spiro atoms. The molecule has 2 heterocycles. The second-order valence-corrected chi connectivity index (χ2v) is 5.51. The molecule has 0 bridgehead atoms. The molecular weight excluding hydrogens is 311 g/mol. The summed E-state index contributed by atoms with van der Waals surface area (Å²) < 4.78 is 1.39. The van der Waals surface area contributed by atoms with Crippen LogP contribution in [0.4, 0.5) is 5.82 Å². The molecule has 0 aliphatic carbocycles. The molecule has 3 rings (SSSR count). The van der Waals surface area contributed by atoms with E-state index < -0.39 is 0 Å². The lowest BCUT2D eigenvalue weighted by Crippen LogP contribution is -2.23. The first-order valence-electron chi connectivity index (χ1n) is 6.29. The summed E-state index contributed by atoms with van der Waals surface area (Å²) in [6, 6.07) is 9.19. The molecule has 0 aliphatic heterocycles. The van der Waals surface area contributed by atoms with E-state index >= 15 is 0 Å². The van der Waals surface area contributed by atoms with Crippen molar-refractivity contribution in [2.75, 3.05) is 11.9 Å². The Balaban J connectivity index is 1.94. The van der Waals surface area contributed by atoms with Crippen LogP contribution in [0, 0.1) is 0 Å². The third-order valence-electron chi connectivity index (χ3n) is 3.41. The van der Waals surface area contributed by atoms with Crippen molar-refractivity contribution in [3.63, 3.8) is 0 Å². The lowest BCUT2D eigenvalue weighted by Gasteiger charge is -2.26. The number of tetrazole rings is 1. The van der Waals surface area contributed by atoms with E-state index in [0.29, 0.717) is 15.7 Å². The molecule has 0 N–H and O–H groups in total. The fraction of sp³-hybridized carbons (Fsp3) is 0.231. The van der Waals surface area contributed by atoms with Crippen LogP contribution in [0.15, 0.2) is 30.3 Å². The second kappa shape index (κ2) is 5.46. The second-order valence-electron chi connectivity index (χ2n) is 4.67. The zero-order chi connectivity index (χ0) is 15.0. The van der Waals surface area contributed by atoms with Crippen LogP contribution < -0.4 is 4.90 Å². The van der Waals surface area contributed by atoms with E-state index in [2.05, 4.69) is 20.6 Å². The Kier molecular flexibility index (Phi) is 3.65. The van der Waals surface area contributed by atoms with Gasteiger partial charge in [0.05, 0.1) is 6.04 Å². The minimum absolute atomic E-state index is 0.0243. The van der Waals surface area contributed by atoms with Crippen molar-refractivity contribution in [1.82, 2.24) is 25.3 Å². The largest absolute Gasteiger partial charge is 0.351 e. The number of anilines is 1. The molecule has 6 nitrogen and oxygen atoms in total. The number of fused-ring (bicyclic) bond motifs is 1. The molecular formula is C13H12Cl2N6. The highest BCUT2D eigenvalue weighted by Gasteiger charge is 2.17. The van der Waals surface area contributed by atoms with E-state index in [1.807, 2.05) is 43.1 Å². The molecule has 1 atom stereocenters. The van der Waals surface area contributed by atoms with Gasteiger partial charge in [-0.15, -0.1) is 14.8 Å². The van der Waals surface area contributed by atoms with Gasteiger partial charge in [0.2, 0.25) is 0 Å². The van der Waals surface area contributed by atoms with Gasteiger partial charge >= 0.3 is 0 Å². The smallest absolute Gasteiger partial charge is 0.200 e. The van der Waals surface area contributed by atoms with E-state index in [9.17, 15) is 0 Å². The van der Waals surface area contributed by atoms with Gasteiger partial charge in [-0.2, -0.15) is 0 Å². The van der Waals surface area contributed by atoms with Gasteiger partial charge in [-0.1, -0.05) is 29.3 Å². The van der Waals surface area contributed by atoms with Gasteiger partial charge in [-0.3, -0.25) is 0 Å². The molecule has 108 valence electrons. The molecule has 0 radical (unpaired) electrons. The van der Waals surface area contributed by atoms with Crippen LogP contribution in [0.5, 0.6) is 0 Å². The van der Waals surface area contributed by atoms with E-state index in [-0.39, 0.29) is 6.04 Å². The number of hydrogen-bond donors (Lipinski definition) is 0. The van der Waals surface area contributed by atoms with Gasteiger partial charge in [0, 0.05) is 17.1 Å². The van der Waals surface area contributed by atoms with Crippen LogP contribution in [0.2, 0.25) is 10.0 Å². The summed E-state index contributed by atoms with van der Waals surface area (Å²) in [5.74, 6) is 0.744. The molecule has 2 aromatic heterocycles.